The Labute approximate surface area is 184 Å². The monoisotopic (exact) mass is 398 g/mol. The van der Waals surface area contributed by atoms with Crippen LogP contribution in [0.25, 0.3) is 0 Å². The Hall–Kier alpha value is -2.34. The molecule has 0 aliphatic heterocycles. The van der Waals surface area contributed by atoms with Crippen LogP contribution in [0.4, 0.5) is 0 Å². The predicted molar refractivity (Wildman–Crippen MR) is 132 cm³/mol. The van der Waals surface area contributed by atoms with Gasteiger partial charge in [0, 0.05) is 0 Å². The van der Waals surface area contributed by atoms with Gasteiger partial charge in [-0.3, -0.25) is 0 Å². The third-order valence-electron chi connectivity index (χ3n) is 6.87. The SMILES string of the molecule is CCc1ccc(Cc2c(C)c(CC)c(Cc3ccc(CC)cc3)c(C)c2CC)cc1. The molecule has 0 radical (unpaired) electrons. The van der Waals surface area contributed by atoms with Crippen molar-refractivity contribution in [1.82, 2.24) is 0 Å². The van der Waals surface area contributed by atoms with Crippen LogP contribution in [0.2, 0.25) is 0 Å². The lowest BCUT2D eigenvalue weighted by Gasteiger charge is -2.24. The number of hydrogen-bond donors (Lipinski definition) is 0. The third-order valence-corrected chi connectivity index (χ3v) is 6.87. The highest BCUT2D eigenvalue weighted by Gasteiger charge is 2.18. The molecule has 0 bridgehead atoms. The largest absolute Gasteiger partial charge is 0.0613 e. The molecule has 0 nitrogen and oxygen atoms in total. The second kappa shape index (κ2) is 10.1. The zero-order valence-electron chi connectivity index (χ0n) is 19.9. The lowest BCUT2D eigenvalue weighted by Crippen LogP contribution is -2.10. The Kier molecular flexibility index (Phi) is 7.53. The van der Waals surface area contributed by atoms with Gasteiger partial charge in [0.2, 0.25) is 0 Å². The average Bonchev–Trinajstić information content (AvgIpc) is 2.78. The molecule has 3 aromatic rings. The topological polar surface area (TPSA) is 0 Å². The molecule has 0 saturated heterocycles. The average molecular weight is 399 g/mol. The Morgan fingerprint density at radius 2 is 0.700 bits per heavy atom. The standard InChI is InChI=1S/C30H38/c1-7-23-11-15-25(16-12-23)19-29-21(5)28(10-4)30(22(6)27(29)9-3)20-26-17-13-24(8-2)14-18-26/h11-18H,7-10,19-20H2,1-6H3. The summed E-state index contributed by atoms with van der Waals surface area (Å²) in [4.78, 5) is 0. The molecule has 3 aromatic carbocycles. The quantitative estimate of drug-likeness (QED) is 0.364. The van der Waals surface area contributed by atoms with E-state index >= 15 is 0 Å². The van der Waals surface area contributed by atoms with Gasteiger partial charge < -0.3 is 0 Å². The lowest BCUT2D eigenvalue weighted by atomic mass is 9.81. The normalized spacial score (nSPS) is 11.1. The lowest BCUT2D eigenvalue weighted by molar-refractivity contribution is 0.945. The highest BCUT2D eigenvalue weighted by Crippen LogP contribution is 2.32. The van der Waals surface area contributed by atoms with Gasteiger partial charge in [-0.25, -0.2) is 0 Å². The highest BCUT2D eigenvalue weighted by atomic mass is 14.2. The number of benzene rings is 3. The Morgan fingerprint density at radius 1 is 0.400 bits per heavy atom. The van der Waals surface area contributed by atoms with E-state index < -0.39 is 0 Å². The summed E-state index contributed by atoms with van der Waals surface area (Å²) < 4.78 is 0. The zero-order chi connectivity index (χ0) is 21.7. The van der Waals surface area contributed by atoms with Crippen LogP contribution in [0.15, 0.2) is 48.5 Å². The summed E-state index contributed by atoms with van der Waals surface area (Å²) >= 11 is 0. The van der Waals surface area contributed by atoms with E-state index in [9.17, 15) is 0 Å². The van der Waals surface area contributed by atoms with E-state index in [2.05, 4.69) is 90.1 Å². The first kappa shape index (κ1) is 22.3. The fraction of sp³-hybridized carbons (Fsp3) is 0.400. The van der Waals surface area contributed by atoms with Crippen molar-refractivity contribution in [2.24, 2.45) is 0 Å². The van der Waals surface area contributed by atoms with Crippen molar-refractivity contribution >= 4 is 0 Å². The van der Waals surface area contributed by atoms with Crippen LogP contribution in [0.5, 0.6) is 0 Å². The van der Waals surface area contributed by atoms with Crippen molar-refractivity contribution in [2.75, 3.05) is 0 Å². The number of hydrogen-bond acceptors (Lipinski definition) is 0. The third kappa shape index (κ3) is 4.69. The van der Waals surface area contributed by atoms with E-state index in [0.717, 1.165) is 38.5 Å². The van der Waals surface area contributed by atoms with Crippen LogP contribution in [-0.2, 0) is 38.5 Å². The maximum atomic E-state index is 2.36. The zero-order valence-corrected chi connectivity index (χ0v) is 19.9. The van der Waals surface area contributed by atoms with Gasteiger partial charge in [-0.15, -0.1) is 0 Å². The smallest absolute Gasteiger partial charge is 0.00202 e. The maximum Gasteiger partial charge on any atom is -0.00202 e. The summed E-state index contributed by atoms with van der Waals surface area (Å²) in [7, 11) is 0. The van der Waals surface area contributed by atoms with Gasteiger partial charge in [0.25, 0.3) is 0 Å². The molecule has 0 saturated carbocycles. The molecule has 0 fully saturated rings. The van der Waals surface area contributed by atoms with E-state index in [0.29, 0.717) is 0 Å². The summed E-state index contributed by atoms with van der Waals surface area (Å²) in [5.41, 5.74) is 14.9. The Morgan fingerprint density at radius 3 is 0.967 bits per heavy atom. The molecule has 0 heterocycles. The van der Waals surface area contributed by atoms with Crippen molar-refractivity contribution < 1.29 is 0 Å². The van der Waals surface area contributed by atoms with Crippen molar-refractivity contribution in [3.8, 4) is 0 Å². The minimum Gasteiger partial charge on any atom is -0.0613 e. The van der Waals surface area contributed by atoms with Crippen molar-refractivity contribution in [3.63, 3.8) is 0 Å². The summed E-state index contributed by atoms with van der Waals surface area (Å²) in [5, 5.41) is 0. The minimum absolute atomic E-state index is 1.04. The van der Waals surface area contributed by atoms with Gasteiger partial charge in [-0.2, -0.15) is 0 Å². The van der Waals surface area contributed by atoms with E-state index in [1.54, 1.807) is 22.3 Å². The molecule has 0 unspecified atom stereocenters. The number of aryl methyl sites for hydroxylation is 2. The van der Waals surface area contributed by atoms with Crippen LogP contribution < -0.4 is 0 Å². The molecule has 0 aromatic heterocycles. The van der Waals surface area contributed by atoms with Crippen LogP contribution in [-0.4, -0.2) is 0 Å². The molecular formula is C30H38. The molecule has 0 spiro atoms. The molecule has 0 atom stereocenters. The van der Waals surface area contributed by atoms with Crippen molar-refractivity contribution in [2.45, 2.75) is 80.1 Å². The van der Waals surface area contributed by atoms with E-state index in [1.165, 1.54) is 33.4 Å². The first-order chi connectivity index (χ1) is 14.5. The molecule has 3 rings (SSSR count). The molecule has 30 heavy (non-hydrogen) atoms. The van der Waals surface area contributed by atoms with Crippen LogP contribution in [0.3, 0.4) is 0 Å². The molecule has 0 aliphatic rings. The van der Waals surface area contributed by atoms with Gasteiger partial charge in [0.1, 0.15) is 0 Å². The Balaban J connectivity index is 2.03. The fourth-order valence-corrected chi connectivity index (χ4v) is 4.90. The van der Waals surface area contributed by atoms with Gasteiger partial charge in [0.05, 0.1) is 0 Å². The highest BCUT2D eigenvalue weighted by molar-refractivity contribution is 5.54. The van der Waals surface area contributed by atoms with Gasteiger partial charge >= 0.3 is 0 Å². The van der Waals surface area contributed by atoms with Crippen LogP contribution in [0.1, 0.15) is 83.3 Å². The van der Waals surface area contributed by atoms with E-state index in [1.807, 2.05) is 0 Å². The first-order valence-electron chi connectivity index (χ1n) is 11.8. The molecule has 0 amide bonds. The molecule has 0 N–H and O–H groups in total. The molecule has 0 aliphatic carbocycles. The summed E-state index contributed by atoms with van der Waals surface area (Å²) in [6.45, 7) is 13.8. The second-order valence-electron chi connectivity index (χ2n) is 8.56. The van der Waals surface area contributed by atoms with Gasteiger partial charge in [-0.1, -0.05) is 76.2 Å². The van der Waals surface area contributed by atoms with Crippen LogP contribution >= 0.6 is 0 Å². The van der Waals surface area contributed by atoms with E-state index in [4.69, 9.17) is 0 Å². The summed E-state index contributed by atoms with van der Waals surface area (Å²) in [6.07, 6.45) is 6.48. The molecule has 158 valence electrons. The maximum absolute atomic E-state index is 2.36. The minimum atomic E-state index is 1.04. The van der Waals surface area contributed by atoms with Crippen LogP contribution in [0, 0.1) is 13.8 Å². The summed E-state index contributed by atoms with van der Waals surface area (Å²) in [6, 6.07) is 18.4. The predicted octanol–water partition coefficient (Wildman–Crippen LogP) is 7.73. The van der Waals surface area contributed by atoms with Crippen molar-refractivity contribution in [1.29, 1.82) is 0 Å². The van der Waals surface area contributed by atoms with Gasteiger partial charge in [0.15, 0.2) is 0 Å². The first-order valence-corrected chi connectivity index (χ1v) is 11.8. The molecular weight excluding hydrogens is 360 g/mol. The van der Waals surface area contributed by atoms with E-state index in [-0.39, 0.29) is 0 Å². The summed E-state index contributed by atoms with van der Waals surface area (Å²) in [5.74, 6) is 0. The number of rotatable bonds is 8. The van der Waals surface area contributed by atoms with Crippen molar-refractivity contribution in [3.05, 3.63) is 104 Å². The fourth-order valence-electron chi connectivity index (χ4n) is 4.90. The second-order valence-corrected chi connectivity index (χ2v) is 8.56. The molecule has 0 heteroatoms. The Bertz CT molecular complexity index is 889. The van der Waals surface area contributed by atoms with Gasteiger partial charge in [-0.05, 0) is 108 Å².